The molecule has 150 valence electrons. The standard InChI is InChI=1S/C21H23ClN2O3.ClH/c1-21(13-23)10-11-24(14-21)19(25)12-27-18-8-4-16(5-9-18)20(26)15-2-6-17(22)7-3-15;/h2-9H,10-14,23H2,1H3;1H. The first kappa shape index (κ1) is 22.2. The number of likely N-dealkylation sites (tertiary alicyclic amines) is 1. The van der Waals surface area contributed by atoms with Gasteiger partial charge in [-0.2, -0.15) is 0 Å². The average Bonchev–Trinajstić information content (AvgIpc) is 3.09. The Morgan fingerprint density at radius 2 is 1.68 bits per heavy atom. The van der Waals surface area contributed by atoms with E-state index in [1.54, 1.807) is 53.4 Å². The van der Waals surface area contributed by atoms with Gasteiger partial charge in [-0.25, -0.2) is 0 Å². The van der Waals surface area contributed by atoms with Crippen LogP contribution in [0.25, 0.3) is 0 Å². The first-order valence-corrected chi connectivity index (χ1v) is 9.29. The third-order valence-corrected chi connectivity index (χ3v) is 5.24. The van der Waals surface area contributed by atoms with E-state index >= 15 is 0 Å². The van der Waals surface area contributed by atoms with Crippen molar-refractivity contribution in [3.8, 4) is 5.75 Å². The van der Waals surface area contributed by atoms with E-state index in [9.17, 15) is 9.59 Å². The molecule has 2 aromatic rings. The predicted octanol–water partition coefficient (Wildman–Crippen LogP) is 3.57. The molecule has 0 radical (unpaired) electrons. The quantitative estimate of drug-likeness (QED) is 0.722. The minimum absolute atomic E-state index is 0. The van der Waals surface area contributed by atoms with Gasteiger partial charge in [0.1, 0.15) is 5.75 Å². The van der Waals surface area contributed by atoms with Crippen LogP contribution in [-0.2, 0) is 4.79 Å². The fourth-order valence-corrected chi connectivity index (χ4v) is 3.24. The molecule has 7 heteroatoms. The van der Waals surface area contributed by atoms with E-state index in [1.807, 2.05) is 0 Å². The van der Waals surface area contributed by atoms with Crippen LogP contribution in [0, 0.1) is 5.41 Å². The Balaban J connectivity index is 0.00000280. The van der Waals surface area contributed by atoms with Crippen molar-refractivity contribution in [2.24, 2.45) is 11.1 Å². The van der Waals surface area contributed by atoms with Crippen molar-refractivity contribution < 1.29 is 14.3 Å². The molecule has 0 spiro atoms. The maximum Gasteiger partial charge on any atom is 0.260 e. The van der Waals surface area contributed by atoms with Gasteiger partial charge < -0.3 is 15.4 Å². The molecule has 2 N–H and O–H groups in total. The molecule has 1 saturated heterocycles. The number of ketones is 1. The Bertz CT molecular complexity index is 825. The molecule has 0 aromatic heterocycles. The van der Waals surface area contributed by atoms with Crippen molar-refractivity contribution in [3.63, 3.8) is 0 Å². The minimum Gasteiger partial charge on any atom is -0.484 e. The van der Waals surface area contributed by atoms with Crippen LogP contribution in [0.2, 0.25) is 5.02 Å². The molecule has 3 rings (SSSR count). The maximum absolute atomic E-state index is 12.4. The number of amides is 1. The van der Waals surface area contributed by atoms with Crippen molar-refractivity contribution in [2.75, 3.05) is 26.2 Å². The lowest BCUT2D eigenvalue weighted by atomic mass is 9.90. The lowest BCUT2D eigenvalue weighted by Gasteiger charge is -2.22. The third kappa shape index (κ3) is 5.25. The monoisotopic (exact) mass is 422 g/mol. The lowest BCUT2D eigenvalue weighted by molar-refractivity contribution is -0.132. The van der Waals surface area contributed by atoms with E-state index in [1.165, 1.54) is 0 Å². The molecule has 5 nitrogen and oxygen atoms in total. The topological polar surface area (TPSA) is 72.6 Å². The Kier molecular flexibility index (Phi) is 7.47. The number of carbonyl (C=O) groups is 2. The van der Waals surface area contributed by atoms with Gasteiger partial charge in [0.25, 0.3) is 5.91 Å². The largest absolute Gasteiger partial charge is 0.484 e. The molecule has 1 aliphatic rings. The summed E-state index contributed by atoms with van der Waals surface area (Å²) in [6.45, 7) is 4.02. The molecule has 1 amide bonds. The summed E-state index contributed by atoms with van der Waals surface area (Å²) in [6, 6.07) is 13.5. The van der Waals surface area contributed by atoms with E-state index in [4.69, 9.17) is 22.1 Å². The van der Waals surface area contributed by atoms with Crippen LogP contribution in [0.3, 0.4) is 0 Å². The Morgan fingerprint density at radius 3 is 2.21 bits per heavy atom. The Hall–Kier alpha value is -2.08. The van der Waals surface area contributed by atoms with Gasteiger partial charge in [0.2, 0.25) is 0 Å². The third-order valence-electron chi connectivity index (χ3n) is 4.99. The second-order valence-electron chi connectivity index (χ2n) is 7.23. The zero-order valence-corrected chi connectivity index (χ0v) is 17.3. The van der Waals surface area contributed by atoms with Crippen LogP contribution < -0.4 is 10.5 Å². The molecule has 2 aromatic carbocycles. The number of carbonyl (C=O) groups excluding carboxylic acids is 2. The summed E-state index contributed by atoms with van der Waals surface area (Å²) >= 11 is 5.85. The molecule has 1 aliphatic heterocycles. The number of halogens is 2. The number of ether oxygens (including phenoxy) is 1. The summed E-state index contributed by atoms with van der Waals surface area (Å²) in [7, 11) is 0. The van der Waals surface area contributed by atoms with E-state index in [-0.39, 0.29) is 36.1 Å². The van der Waals surface area contributed by atoms with E-state index in [0.717, 1.165) is 6.42 Å². The number of nitrogens with zero attached hydrogens (tertiary/aromatic N) is 1. The molecule has 1 atom stereocenters. The van der Waals surface area contributed by atoms with Gasteiger partial charge in [-0.15, -0.1) is 12.4 Å². The second-order valence-corrected chi connectivity index (χ2v) is 7.67. The summed E-state index contributed by atoms with van der Waals surface area (Å²) in [5, 5.41) is 0.588. The number of hydrogen-bond donors (Lipinski definition) is 1. The first-order valence-electron chi connectivity index (χ1n) is 8.91. The maximum atomic E-state index is 12.4. The Labute approximate surface area is 176 Å². The number of hydrogen-bond acceptors (Lipinski definition) is 4. The highest BCUT2D eigenvalue weighted by Crippen LogP contribution is 2.28. The van der Waals surface area contributed by atoms with E-state index in [0.29, 0.717) is 41.5 Å². The van der Waals surface area contributed by atoms with Crippen LogP contribution in [0.4, 0.5) is 0 Å². The molecule has 1 unspecified atom stereocenters. The summed E-state index contributed by atoms with van der Waals surface area (Å²) < 4.78 is 5.59. The fraction of sp³-hybridized carbons (Fsp3) is 0.333. The van der Waals surface area contributed by atoms with Gasteiger partial charge in [-0.1, -0.05) is 18.5 Å². The molecule has 0 bridgehead atoms. The van der Waals surface area contributed by atoms with Crippen LogP contribution in [0.15, 0.2) is 48.5 Å². The number of benzene rings is 2. The number of nitrogens with two attached hydrogens (primary N) is 1. The SMILES string of the molecule is CC1(CN)CCN(C(=O)COc2ccc(C(=O)c3ccc(Cl)cc3)cc2)C1.Cl. The molecule has 0 saturated carbocycles. The van der Waals surface area contributed by atoms with Crippen LogP contribution in [0.1, 0.15) is 29.3 Å². The van der Waals surface area contributed by atoms with Gasteiger partial charge in [-0.3, -0.25) is 9.59 Å². The first-order chi connectivity index (χ1) is 12.9. The fourth-order valence-electron chi connectivity index (χ4n) is 3.11. The smallest absolute Gasteiger partial charge is 0.260 e. The molecular weight excluding hydrogens is 399 g/mol. The molecule has 0 aliphatic carbocycles. The van der Waals surface area contributed by atoms with Crippen molar-refractivity contribution in [3.05, 3.63) is 64.7 Å². The highest BCUT2D eigenvalue weighted by molar-refractivity contribution is 6.30. The summed E-state index contributed by atoms with van der Waals surface area (Å²) in [5.74, 6) is 0.415. The van der Waals surface area contributed by atoms with Gasteiger partial charge in [0.15, 0.2) is 12.4 Å². The number of rotatable bonds is 6. The zero-order chi connectivity index (χ0) is 19.4. The minimum atomic E-state index is -0.0903. The van der Waals surface area contributed by atoms with E-state index in [2.05, 4.69) is 6.92 Å². The van der Waals surface area contributed by atoms with Crippen LogP contribution >= 0.6 is 24.0 Å². The average molecular weight is 423 g/mol. The molecule has 1 fully saturated rings. The van der Waals surface area contributed by atoms with Crippen molar-refractivity contribution in [1.29, 1.82) is 0 Å². The van der Waals surface area contributed by atoms with E-state index < -0.39 is 0 Å². The highest BCUT2D eigenvalue weighted by atomic mass is 35.5. The zero-order valence-electron chi connectivity index (χ0n) is 15.7. The highest BCUT2D eigenvalue weighted by Gasteiger charge is 2.34. The van der Waals surface area contributed by atoms with Crippen molar-refractivity contribution >= 4 is 35.7 Å². The molecule has 28 heavy (non-hydrogen) atoms. The van der Waals surface area contributed by atoms with Crippen LogP contribution in [0.5, 0.6) is 5.75 Å². The van der Waals surface area contributed by atoms with Crippen molar-refractivity contribution in [1.82, 2.24) is 4.90 Å². The van der Waals surface area contributed by atoms with Gasteiger partial charge in [-0.05, 0) is 66.9 Å². The molecule has 1 heterocycles. The van der Waals surface area contributed by atoms with Gasteiger partial charge in [0.05, 0.1) is 0 Å². The lowest BCUT2D eigenvalue weighted by Crippen LogP contribution is -2.36. The second kappa shape index (κ2) is 9.41. The normalized spacial score (nSPS) is 18.5. The van der Waals surface area contributed by atoms with Crippen LogP contribution in [-0.4, -0.2) is 42.8 Å². The summed E-state index contributed by atoms with van der Waals surface area (Å²) in [6.07, 6.45) is 0.913. The summed E-state index contributed by atoms with van der Waals surface area (Å²) in [5.41, 5.74) is 6.90. The molecular formula is C21H24Cl2N2O3. The van der Waals surface area contributed by atoms with Gasteiger partial charge >= 0.3 is 0 Å². The van der Waals surface area contributed by atoms with Crippen molar-refractivity contribution in [2.45, 2.75) is 13.3 Å². The Morgan fingerprint density at radius 1 is 1.11 bits per heavy atom. The predicted molar refractivity (Wildman–Crippen MR) is 112 cm³/mol. The van der Waals surface area contributed by atoms with Gasteiger partial charge in [0, 0.05) is 29.2 Å². The summed E-state index contributed by atoms with van der Waals surface area (Å²) in [4.78, 5) is 26.5.